The minimum absolute atomic E-state index is 0.135. The molecule has 26 heavy (non-hydrogen) atoms. The van der Waals surface area contributed by atoms with E-state index in [1.54, 1.807) is 24.3 Å². The number of rotatable bonds is 9. The van der Waals surface area contributed by atoms with Crippen molar-refractivity contribution < 1.29 is 24.2 Å². The van der Waals surface area contributed by atoms with E-state index in [0.717, 1.165) is 5.56 Å². The van der Waals surface area contributed by atoms with Crippen molar-refractivity contribution >= 4 is 23.5 Å². The van der Waals surface area contributed by atoms with E-state index < -0.39 is 17.8 Å². The summed E-state index contributed by atoms with van der Waals surface area (Å²) >= 11 is 0. The minimum Gasteiger partial charge on any atom is -0.484 e. The number of primary amides is 1. The molecule has 7 heteroatoms. The number of carboxylic acid groups (broad SMARTS) is 1. The van der Waals surface area contributed by atoms with Gasteiger partial charge in [-0.3, -0.25) is 14.4 Å². The Balaban J connectivity index is 1.91. The average molecular weight is 356 g/mol. The standard InChI is InChI=1S/C19H20N2O5/c20-17(22)12-26-16-8-6-15(7-9-16)21-18(23)11-14(19(24)25)10-13-4-2-1-3-5-13/h1-9,14H,10-12H2,(H2,20,22)(H,21,23)(H,24,25). The molecule has 0 aliphatic carbocycles. The van der Waals surface area contributed by atoms with E-state index in [2.05, 4.69) is 5.32 Å². The van der Waals surface area contributed by atoms with Crippen LogP contribution in [0.25, 0.3) is 0 Å². The van der Waals surface area contributed by atoms with Crippen molar-refractivity contribution in [1.82, 2.24) is 0 Å². The normalized spacial score (nSPS) is 11.4. The summed E-state index contributed by atoms with van der Waals surface area (Å²) in [6.07, 6.45) is 0.146. The maximum Gasteiger partial charge on any atom is 0.307 e. The van der Waals surface area contributed by atoms with Gasteiger partial charge in [0.1, 0.15) is 5.75 Å². The van der Waals surface area contributed by atoms with E-state index in [4.69, 9.17) is 10.5 Å². The zero-order valence-electron chi connectivity index (χ0n) is 14.1. The number of benzene rings is 2. The maximum atomic E-state index is 12.2. The quantitative estimate of drug-likeness (QED) is 0.633. The Morgan fingerprint density at radius 2 is 1.69 bits per heavy atom. The summed E-state index contributed by atoms with van der Waals surface area (Å²) in [6.45, 7) is -0.231. The predicted molar refractivity (Wildman–Crippen MR) is 95.6 cm³/mol. The van der Waals surface area contributed by atoms with Crippen LogP contribution in [0.1, 0.15) is 12.0 Å². The lowest BCUT2D eigenvalue weighted by Gasteiger charge is -2.13. The third kappa shape index (κ3) is 6.27. The second-order valence-electron chi connectivity index (χ2n) is 5.76. The summed E-state index contributed by atoms with van der Waals surface area (Å²) in [5.74, 6) is -2.36. The van der Waals surface area contributed by atoms with Gasteiger partial charge in [-0.1, -0.05) is 30.3 Å². The van der Waals surface area contributed by atoms with E-state index in [1.807, 2.05) is 30.3 Å². The number of hydrogen-bond acceptors (Lipinski definition) is 4. The Morgan fingerprint density at radius 3 is 2.27 bits per heavy atom. The van der Waals surface area contributed by atoms with Crippen molar-refractivity contribution in [2.75, 3.05) is 11.9 Å². The Labute approximate surface area is 150 Å². The zero-order valence-corrected chi connectivity index (χ0v) is 14.1. The summed E-state index contributed by atoms with van der Waals surface area (Å²) in [6, 6.07) is 15.5. The molecule has 0 aliphatic rings. The largest absolute Gasteiger partial charge is 0.484 e. The molecule has 4 N–H and O–H groups in total. The molecular formula is C19H20N2O5. The van der Waals surface area contributed by atoms with Gasteiger partial charge in [0.05, 0.1) is 5.92 Å². The molecule has 2 amide bonds. The Bertz CT molecular complexity index is 759. The number of aliphatic carboxylic acids is 1. The predicted octanol–water partition coefficient (Wildman–Crippen LogP) is 1.82. The van der Waals surface area contributed by atoms with Crippen molar-refractivity contribution in [3.05, 3.63) is 60.2 Å². The summed E-state index contributed by atoms with van der Waals surface area (Å²) in [5.41, 5.74) is 6.36. The minimum atomic E-state index is -1.01. The first kappa shape index (κ1) is 19.0. The number of carbonyl (C=O) groups is 3. The molecule has 1 unspecified atom stereocenters. The van der Waals surface area contributed by atoms with E-state index >= 15 is 0 Å². The zero-order chi connectivity index (χ0) is 18.9. The van der Waals surface area contributed by atoms with Crippen LogP contribution in [0.4, 0.5) is 5.69 Å². The Hall–Kier alpha value is -3.35. The number of nitrogens with one attached hydrogen (secondary N) is 1. The number of carboxylic acids is 1. The Kier molecular flexibility index (Phi) is 6.73. The monoisotopic (exact) mass is 356 g/mol. The summed E-state index contributed by atoms with van der Waals surface area (Å²) in [5, 5.41) is 12.0. The van der Waals surface area contributed by atoms with Gasteiger partial charge in [-0.05, 0) is 36.2 Å². The highest BCUT2D eigenvalue weighted by Crippen LogP contribution is 2.18. The summed E-state index contributed by atoms with van der Waals surface area (Å²) < 4.78 is 5.12. The molecule has 0 bridgehead atoms. The fourth-order valence-electron chi connectivity index (χ4n) is 2.37. The van der Waals surface area contributed by atoms with Crippen LogP contribution in [-0.4, -0.2) is 29.5 Å². The second-order valence-corrected chi connectivity index (χ2v) is 5.76. The van der Waals surface area contributed by atoms with Gasteiger partial charge in [-0.25, -0.2) is 0 Å². The molecule has 0 saturated heterocycles. The van der Waals surface area contributed by atoms with Gasteiger partial charge >= 0.3 is 5.97 Å². The van der Waals surface area contributed by atoms with E-state index in [0.29, 0.717) is 11.4 Å². The van der Waals surface area contributed by atoms with Crippen molar-refractivity contribution in [1.29, 1.82) is 0 Å². The van der Waals surface area contributed by atoms with Gasteiger partial charge in [0.2, 0.25) is 5.91 Å². The fourth-order valence-corrected chi connectivity index (χ4v) is 2.37. The Morgan fingerprint density at radius 1 is 1.04 bits per heavy atom. The molecule has 0 aromatic heterocycles. The van der Waals surface area contributed by atoms with Crippen molar-refractivity contribution in [2.24, 2.45) is 11.7 Å². The molecule has 7 nitrogen and oxygen atoms in total. The lowest BCUT2D eigenvalue weighted by atomic mass is 9.96. The van der Waals surface area contributed by atoms with Gasteiger partial charge in [0.25, 0.3) is 5.91 Å². The molecule has 2 aromatic rings. The second kappa shape index (κ2) is 9.22. The van der Waals surface area contributed by atoms with Crippen LogP contribution in [-0.2, 0) is 20.8 Å². The number of amides is 2. The molecule has 0 radical (unpaired) electrons. The van der Waals surface area contributed by atoms with Gasteiger partial charge in [0.15, 0.2) is 6.61 Å². The first-order valence-electron chi connectivity index (χ1n) is 8.02. The van der Waals surface area contributed by atoms with Crippen LogP contribution < -0.4 is 15.8 Å². The van der Waals surface area contributed by atoms with Gasteiger partial charge in [0, 0.05) is 12.1 Å². The van der Waals surface area contributed by atoms with Crippen molar-refractivity contribution in [3.63, 3.8) is 0 Å². The van der Waals surface area contributed by atoms with Crippen LogP contribution in [0, 0.1) is 5.92 Å². The van der Waals surface area contributed by atoms with Gasteiger partial charge < -0.3 is 20.9 Å². The highest BCUT2D eigenvalue weighted by molar-refractivity contribution is 5.93. The van der Waals surface area contributed by atoms with E-state index in [9.17, 15) is 19.5 Å². The number of carbonyl (C=O) groups excluding carboxylic acids is 2. The topological polar surface area (TPSA) is 119 Å². The lowest BCUT2D eigenvalue weighted by Crippen LogP contribution is -2.24. The molecule has 0 saturated carbocycles. The molecule has 0 spiro atoms. The highest BCUT2D eigenvalue weighted by Gasteiger charge is 2.21. The molecular weight excluding hydrogens is 336 g/mol. The molecule has 1 atom stereocenters. The first-order valence-corrected chi connectivity index (χ1v) is 8.02. The molecule has 2 aromatic carbocycles. The van der Waals surface area contributed by atoms with E-state index in [1.165, 1.54) is 0 Å². The van der Waals surface area contributed by atoms with Crippen LogP contribution in [0.3, 0.4) is 0 Å². The van der Waals surface area contributed by atoms with Crippen LogP contribution in [0.2, 0.25) is 0 Å². The molecule has 0 heterocycles. The molecule has 136 valence electrons. The molecule has 0 aliphatic heterocycles. The van der Waals surface area contributed by atoms with Crippen LogP contribution >= 0.6 is 0 Å². The van der Waals surface area contributed by atoms with Crippen LogP contribution in [0.5, 0.6) is 5.75 Å². The third-order valence-electron chi connectivity index (χ3n) is 3.63. The highest BCUT2D eigenvalue weighted by atomic mass is 16.5. The van der Waals surface area contributed by atoms with E-state index in [-0.39, 0.29) is 25.4 Å². The number of hydrogen-bond donors (Lipinski definition) is 3. The van der Waals surface area contributed by atoms with Gasteiger partial charge in [-0.15, -0.1) is 0 Å². The summed E-state index contributed by atoms with van der Waals surface area (Å²) in [7, 11) is 0. The molecule has 0 fully saturated rings. The number of anilines is 1. The maximum absolute atomic E-state index is 12.2. The van der Waals surface area contributed by atoms with Crippen molar-refractivity contribution in [3.8, 4) is 5.75 Å². The number of ether oxygens (including phenoxy) is 1. The molecule has 2 rings (SSSR count). The smallest absolute Gasteiger partial charge is 0.307 e. The summed E-state index contributed by atoms with van der Waals surface area (Å²) in [4.78, 5) is 34.2. The van der Waals surface area contributed by atoms with Crippen LogP contribution in [0.15, 0.2) is 54.6 Å². The average Bonchev–Trinajstić information content (AvgIpc) is 2.61. The third-order valence-corrected chi connectivity index (χ3v) is 3.63. The first-order chi connectivity index (χ1) is 12.4. The SMILES string of the molecule is NC(=O)COc1ccc(NC(=O)CC(Cc2ccccc2)C(=O)O)cc1. The van der Waals surface area contributed by atoms with Gasteiger partial charge in [-0.2, -0.15) is 0 Å². The fraction of sp³-hybridized carbons (Fsp3) is 0.211. The number of nitrogens with two attached hydrogens (primary N) is 1. The lowest BCUT2D eigenvalue weighted by molar-refractivity contribution is -0.143. The van der Waals surface area contributed by atoms with Crippen molar-refractivity contribution in [2.45, 2.75) is 12.8 Å².